The van der Waals surface area contributed by atoms with E-state index in [0.717, 1.165) is 12.6 Å². The van der Waals surface area contributed by atoms with Gasteiger partial charge in [-0.05, 0) is 18.9 Å². The van der Waals surface area contributed by atoms with Crippen molar-refractivity contribution in [3.8, 4) is 11.3 Å². The maximum absolute atomic E-state index is 13.0. The van der Waals surface area contributed by atoms with Crippen molar-refractivity contribution in [1.82, 2.24) is 10.3 Å². The van der Waals surface area contributed by atoms with Crippen LogP contribution in [-0.4, -0.2) is 17.6 Å². The zero-order valence-corrected chi connectivity index (χ0v) is 11.3. The number of hydrogen-bond donors (Lipinski definition) is 1. The van der Waals surface area contributed by atoms with Crippen LogP contribution >= 0.6 is 0 Å². The van der Waals surface area contributed by atoms with Crippen LogP contribution in [-0.2, 0) is 12.6 Å². The number of benzene rings is 1. The summed E-state index contributed by atoms with van der Waals surface area (Å²) in [5, 5.41) is 3.31. The molecule has 1 fully saturated rings. The second kappa shape index (κ2) is 5.52. The van der Waals surface area contributed by atoms with Gasteiger partial charge in [-0.15, -0.1) is 0 Å². The van der Waals surface area contributed by atoms with Crippen molar-refractivity contribution in [2.75, 3.05) is 6.54 Å². The first-order valence-electron chi connectivity index (χ1n) is 6.89. The highest BCUT2D eigenvalue weighted by atomic mass is 19.4. The molecule has 1 aromatic carbocycles. The Morgan fingerprint density at radius 3 is 2.71 bits per heavy atom. The molecule has 1 aromatic heterocycles. The molecule has 1 heterocycles. The molecule has 1 N–H and O–H groups in total. The second-order valence-corrected chi connectivity index (χ2v) is 5.14. The number of rotatable bonds is 5. The Morgan fingerprint density at radius 1 is 1.24 bits per heavy atom. The van der Waals surface area contributed by atoms with E-state index in [1.807, 2.05) is 0 Å². The van der Waals surface area contributed by atoms with E-state index in [-0.39, 0.29) is 11.3 Å². The van der Waals surface area contributed by atoms with E-state index in [1.165, 1.54) is 31.2 Å². The summed E-state index contributed by atoms with van der Waals surface area (Å²) in [5.41, 5.74) is -0.678. The molecule has 0 aliphatic heterocycles. The number of nitrogens with one attached hydrogen (secondary N) is 1. The first kappa shape index (κ1) is 14.1. The van der Waals surface area contributed by atoms with Crippen LogP contribution in [0.5, 0.6) is 0 Å². The van der Waals surface area contributed by atoms with Crippen molar-refractivity contribution in [2.24, 2.45) is 0 Å². The number of alkyl halides is 3. The molecule has 1 aliphatic carbocycles. The largest absolute Gasteiger partial charge is 0.441 e. The molecule has 1 aliphatic rings. The lowest BCUT2D eigenvalue weighted by Crippen LogP contribution is -2.19. The molecule has 2 aromatic rings. The molecule has 3 nitrogen and oxygen atoms in total. The van der Waals surface area contributed by atoms with Gasteiger partial charge in [-0.1, -0.05) is 18.2 Å². The van der Waals surface area contributed by atoms with Crippen molar-refractivity contribution < 1.29 is 17.6 Å². The average Bonchev–Trinajstić information content (AvgIpc) is 3.14. The van der Waals surface area contributed by atoms with E-state index >= 15 is 0 Å². The molecule has 6 heteroatoms. The van der Waals surface area contributed by atoms with E-state index in [2.05, 4.69) is 10.3 Å². The monoisotopic (exact) mass is 296 g/mol. The molecule has 1 saturated carbocycles. The van der Waals surface area contributed by atoms with E-state index in [0.29, 0.717) is 18.4 Å². The number of oxazole rings is 1. The molecular formula is C15H15F3N2O. The highest BCUT2D eigenvalue weighted by Gasteiger charge is 2.34. The molecule has 0 saturated heterocycles. The smallest absolute Gasteiger partial charge is 0.417 e. The van der Waals surface area contributed by atoms with Gasteiger partial charge in [0.1, 0.15) is 0 Å². The van der Waals surface area contributed by atoms with Gasteiger partial charge in [0.2, 0.25) is 0 Å². The summed E-state index contributed by atoms with van der Waals surface area (Å²) in [6.45, 7) is 0.728. The van der Waals surface area contributed by atoms with Gasteiger partial charge in [-0.3, -0.25) is 0 Å². The standard InChI is InChI=1S/C15H15F3N2O/c16-15(17,18)12-4-2-1-3-11(12)13-9-20-14(21-13)7-8-19-10-5-6-10/h1-4,9-10,19H,5-8H2. The van der Waals surface area contributed by atoms with Gasteiger partial charge >= 0.3 is 6.18 Å². The quantitative estimate of drug-likeness (QED) is 0.915. The zero-order chi connectivity index (χ0) is 14.9. The lowest BCUT2D eigenvalue weighted by Gasteiger charge is -2.10. The third-order valence-electron chi connectivity index (χ3n) is 3.40. The minimum atomic E-state index is -4.41. The summed E-state index contributed by atoms with van der Waals surface area (Å²) < 4.78 is 44.4. The number of aromatic nitrogens is 1. The Balaban J connectivity index is 1.76. The summed E-state index contributed by atoms with van der Waals surface area (Å²) in [4.78, 5) is 4.06. The van der Waals surface area contributed by atoms with Gasteiger partial charge in [-0.2, -0.15) is 13.2 Å². The van der Waals surface area contributed by atoms with Crippen LogP contribution in [0.2, 0.25) is 0 Å². The van der Waals surface area contributed by atoms with Gasteiger partial charge < -0.3 is 9.73 Å². The Hall–Kier alpha value is -1.82. The first-order valence-corrected chi connectivity index (χ1v) is 6.89. The fourth-order valence-electron chi connectivity index (χ4n) is 2.17. The summed E-state index contributed by atoms with van der Waals surface area (Å²) in [6.07, 6.45) is -0.0929. The molecule has 3 rings (SSSR count). The normalized spacial score (nSPS) is 15.4. The van der Waals surface area contributed by atoms with E-state index in [4.69, 9.17) is 4.42 Å². The maximum atomic E-state index is 13.0. The third-order valence-corrected chi connectivity index (χ3v) is 3.40. The highest BCUT2D eigenvalue weighted by Crippen LogP contribution is 2.37. The van der Waals surface area contributed by atoms with Gasteiger partial charge in [0.25, 0.3) is 0 Å². The second-order valence-electron chi connectivity index (χ2n) is 5.14. The summed E-state index contributed by atoms with van der Waals surface area (Å²) in [5.74, 6) is 0.611. The Bertz CT molecular complexity index is 617. The molecule has 21 heavy (non-hydrogen) atoms. The van der Waals surface area contributed by atoms with Gasteiger partial charge in [0.15, 0.2) is 11.7 Å². The van der Waals surface area contributed by atoms with E-state index in [1.54, 1.807) is 6.07 Å². The summed E-state index contributed by atoms with van der Waals surface area (Å²) in [7, 11) is 0. The van der Waals surface area contributed by atoms with Crippen molar-refractivity contribution in [2.45, 2.75) is 31.5 Å². The highest BCUT2D eigenvalue weighted by molar-refractivity contribution is 5.62. The lowest BCUT2D eigenvalue weighted by atomic mass is 10.1. The van der Waals surface area contributed by atoms with E-state index in [9.17, 15) is 13.2 Å². The van der Waals surface area contributed by atoms with Crippen LogP contribution in [0.1, 0.15) is 24.3 Å². The van der Waals surface area contributed by atoms with Gasteiger partial charge in [0, 0.05) is 24.6 Å². The fourth-order valence-corrected chi connectivity index (χ4v) is 2.17. The van der Waals surface area contributed by atoms with Gasteiger partial charge in [0.05, 0.1) is 11.8 Å². The zero-order valence-electron chi connectivity index (χ0n) is 11.3. The van der Waals surface area contributed by atoms with Crippen molar-refractivity contribution in [3.05, 3.63) is 41.9 Å². The average molecular weight is 296 g/mol. The molecule has 0 unspecified atom stereocenters. The van der Waals surface area contributed by atoms with Gasteiger partial charge in [-0.25, -0.2) is 4.98 Å². The van der Waals surface area contributed by atoms with E-state index < -0.39 is 11.7 Å². The van der Waals surface area contributed by atoms with Crippen LogP contribution in [0.25, 0.3) is 11.3 Å². The molecule has 0 radical (unpaired) electrons. The summed E-state index contributed by atoms with van der Waals surface area (Å²) in [6, 6.07) is 5.96. The summed E-state index contributed by atoms with van der Waals surface area (Å²) >= 11 is 0. The fraction of sp³-hybridized carbons (Fsp3) is 0.400. The van der Waals surface area contributed by atoms with Crippen molar-refractivity contribution >= 4 is 0 Å². The molecule has 0 bridgehead atoms. The predicted octanol–water partition coefficient (Wildman–Crippen LogP) is 3.65. The Morgan fingerprint density at radius 2 is 2.00 bits per heavy atom. The minimum absolute atomic E-state index is 0.0268. The van der Waals surface area contributed by atoms with Crippen LogP contribution in [0, 0.1) is 0 Å². The molecule has 0 spiro atoms. The predicted molar refractivity (Wildman–Crippen MR) is 71.7 cm³/mol. The molecule has 0 amide bonds. The lowest BCUT2D eigenvalue weighted by molar-refractivity contribution is -0.137. The van der Waals surface area contributed by atoms with Crippen molar-refractivity contribution in [3.63, 3.8) is 0 Å². The number of hydrogen-bond acceptors (Lipinski definition) is 3. The third kappa shape index (κ3) is 3.44. The van der Waals surface area contributed by atoms with Crippen LogP contribution in [0.4, 0.5) is 13.2 Å². The Kier molecular flexibility index (Phi) is 3.71. The van der Waals surface area contributed by atoms with Crippen LogP contribution in [0.15, 0.2) is 34.9 Å². The van der Waals surface area contributed by atoms with Crippen LogP contribution < -0.4 is 5.32 Å². The topological polar surface area (TPSA) is 38.1 Å². The Labute approximate surface area is 120 Å². The molecule has 112 valence electrons. The number of halogens is 3. The maximum Gasteiger partial charge on any atom is 0.417 e. The van der Waals surface area contributed by atoms with Crippen LogP contribution in [0.3, 0.4) is 0 Å². The minimum Gasteiger partial charge on any atom is -0.441 e. The molecule has 0 atom stereocenters. The van der Waals surface area contributed by atoms with Crippen molar-refractivity contribution in [1.29, 1.82) is 0 Å². The molecular weight excluding hydrogens is 281 g/mol. The SMILES string of the molecule is FC(F)(F)c1ccccc1-c1cnc(CCNC2CC2)o1. The number of nitrogens with zero attached hydrogens (tertiary/aromatic N) is 1. The first-order chi connectivity index (χ1) is 10.0.